The SMILES string of the molecule is CN(CCNCC1CCOCC1)C(=O)OC(C)(C)C. The minimum Gasteiger partial charge on any atom is -0.444 e. The number of rotatable bonds is 5. The van der Waals surface area contributed by atoms with E-state index < -0.39 is 5.60 Å². The first-order valence-electron chi connectivity index (χ1n) is 7.11. The normalized spacial score (nSPS) is 17.3. The predicted molar refractivity (Wildman–Crippen MR) is 75.3 cm³/mol. The van der Waals surface area contributed by atoms with Gasteiger partial charge in [0.15, 0.2) is 0 Å². The van der Waals surface area contributed by atoms with Crippen molar-refractivity contribution in [1.29, 1.82) is 0 Å². The summed E-state index contributed by atoms with van der Waals surface area (Å²) in [6.07, 6.45) is 2.00. The van der Waals surface area contributed by atoms with E-state index in [-0.39, 0.29) is 6.09 Å². The third kappa shape index (κ3) is 7.38. The molecular weight excluding hydrogens is 244 g/mol. The van der Waals surface area contributed by atoms with Crippen molar-refractivity contribution in [3.8, 4) is 0 Å². The lowest BCUT2D eigenvalue weighted by Crippen LogP contribution is -2.39. The highest BCUT2D eigenvalue weighted by Gasteiger charge is 2.19. The second kappa shape index (κ2) is 7.70. The van der Waals surface area contributed by atoms with Gasteiger partial charge in [-0.25, -0.2) is 4.79 Å². The Morgan fingerprint density at radius 1 is 1.37 bits per heavy atom. The smallest absolute Gasteiger partial charge is 0.410 e. The Bertz CT molecular complexity index is 270. The lowest BCUT2D eigenvalue weighted by molar-refractivity contribution is 0.0299. The fourth-order valence-electron chi connectivity index (χ4n) is 1.93. The molecule has 19 heavy (non-hydrogen) atoms. The molecule has 0 spiro atoms. The predicted octanol–water partition coefficient (Wildman–Crippen LogP) is 1.87. The average molecular weight is 272 g/mol. The van der Waals surface area contributed by atoms with E-state index in [2.05, 4.69) is 5.32 Å². The van der Waals surface area contributed by atoms with Gasteiger partial charge in [0.05, 0.1) is 0 Å². The van der Waals surface area contributed by atoms with Gasteiger partial charge in [0.2, 0.25) is 0 Å². The number of hydrogen-bond donors (Lipinski definition) is 1. The standard InChI is InChI=1S/C14H28N2O3/c1-14(2,3)19-13(17)16(4)8-7-15-11-12-5-9-18-10-6-12/h12,15H,5-11H2,1-4H3. The van der Waals surface area contributed by atoms with Crippen molar-refractivity contribution in [2.45, 2.75) is 39.2 Å². The summed E-state index contributed by atoms with van der Waals surface area (Å²) in [5, 5.41) is 3.40. The minimum atomic E-state index is -0.430. The van der Waals surface area contributed by atoms with Crippen LogP contribution in [-0.2, 0) is 9.47 Å². The Morgan fingerprint density at radius 2 is 2.00 bits per heavy atom. The first-order chi connectivity index (χ1) is 8.88. The number of carbonyl (C=O) groups is 1. The van der Waals surface area contributed by atoms with Crippen molar-refractivity contribution in [1.82, 2.24) is 10.2 Å². The summed E-state index contributed by atoms with van der Waals surface area (Å²) in [6, 6.07) is 0. The molecule has 1 aliphatic heterocycles. The molecule has 112 valence electrons. The molecule has 1 rings (SSSR count). The van der Waals surface area contributed by atoms with Crippen molar-refractivity contribution >= 4 is 6.09 Å². The summed E-state index contributed by atoms with van der Waals surface area (Å²) < 4.78 is 10.6. The third-order valence-corrected chi connectivity index (χ3v) is 3.10. The molecular formula is C14H28N2O3. The number of hydrogen-bond acceptors (Lipinski definition) is 4. The van der Waals surface area contributed by atoms with Crippen LogP contribution in [0.4, 0.5) is 4.79 Å². The van der Waals surface area contributed by atoms with Gasteiger partial charge >= 0.3 is 6.09 Å². The Morgan fingerprint density at radius 3 is 2.58 bits per heavy atom. The molecule has 0 radical (unpaired) electrons. The average Bonchev–Trinajstić information content (AvgIpc) is 2.33. The van der Waals surface area contributed by atoms with Crippen LogP contribution in [0.5, 0.6) is 0 Å². The van der Waals surface area contributed by atoms with E-state index in [0.717, 1.165) is 39.1 Å². The van der Waals surface area contributed by atoms with Crippen LogP contribution in [0.2, 0.25) is 0 Å². The minimum absolute atomic E-state index is 0.264. The zero-order chi connectivity index (χ0) is 14.3. The molecule has 0 bridgehead atoms. The Balaban J connectivity index is 2.09. The van der Waals surface area contributed by atoms with Gasteiger partial charge in [0.1, 0.15) is 5.60 Å². The van der Waals surface area contributed by atoms with Crippen LogP contribution >= 0.6 is 0 Å². The highest BCUT2D eigenvalue weighted by Crippen LogP contribution is 2.13. The van der Waals surface area contributed by atoms with Crippen molar-refractivity contribution in [2.24, 2.45) is 5.92 Å². The molecule has 1 fully saturated rings. The molecule has 0 unspecified atom stereocenters. The topological polar surface area (TPSA) is 50.8 Å². The monoisotopic (exact) mass is 272 g/mol. The maximum atomic E-state index is 11.7. The molecule has 5 nitrogen and oxygen atoms in total. The zero-order valence-electron chi connectivity index (χ0n) is 12.7. The Labute approximate surface area is 116 Å². The number of amides is 1. The van der Waals surface area contributed by atoms with E-state index >= 15 is 0 Å². The van der Waals surface area contributed by atoms with Crippen LogP contribution in [0.3, 0.4) is 0 Å². The molecule has 0 saturated carbocycles. The summed E-state index contributed by atoms with van der Waals surface area (Å²) in [5.74, 6) is 0.709. The summed E-state index contributed by atoms with van der Waals surface area (Å²) in [7, 11) is 1.77. The van der Waals surface area contributed by atoms with Crippen molar-refractivity contribution in [3.63, 3.8) is 0 Å². The van der Waals surface area contributed by atoms with Gasteiger partial charge in [-0.1, -0.05) is 0 Å². The second-order valence-corrected chi connectivity index (χ2v) is 6.16. The van der Waals surface area contributed by atoms with E-state index in [0.29, 0.717) is 12.5 Å². The third-order valence-electron chi connectivity index (χ3n) is 3.10. The van der Waals surface area contributed by atoms with E-state index in [1.54, 1.807) is 11.9 Å². The lowest BCUT2D eigenvalue weighted by Gasteiger charge is -2.25. The van der Waals surface area contributed by atoms with Gasteiger partial charge < -0.3 is 19.7 Å². The fourth-order valence-corrected chi connectivity index (χ4v) is 1.93. The number of likely N-dealkylation sites (N-methyl/N-ethyl adjacent to an activating group) is 1. The first-order valence-corrected chi connectivity index (χ1v) is 7.11. The number of nitrogens with zero attached hydrogens (tertiary/aromatic N) is 1. The molecule has 5 heteroatoms. The van der Waals surface area contributed by atoms with E-state index in [4.69, 9.17) is 9.47 Å². The summed E-state index contributed by atoms with van der Waals surface area (Å²) in [6.45, 7) is 9.86. The highest BCUT2D eigenvalue weighted by atomic mass is 16.6. The van der Waals surface area contributed by atoms with Gasteiger partial charge in [-0.05, 0) is 46.1 Å². The number of nitrogens with one attached hydrogen (secondary N) is 1. The van der Waals surface area contributed by atoms with E-state index in [1.165, 1.54) is 0 Å². The van der Waals surface area contributed by atoms with E-state index in [1.807, 2.05) is 20.8 Å². The fraction of sp³-hybridized carbons (Fsp3) is 0.929. The highest BCUT2D eigenvalue weighted by molar-refractivity contribution is 5.67. The summed E-state index contributed by atoms with van der Waals surface area (Å²) in [4.78, 5) is 13.3. The van der Waals surface area contributed by atoms with Gasteiger partial charge in [-0.2, -0.15) is 0 Å². The van der Waals surface area contributed by atoms with E-state index in [9.17, 15) is 4.79 Å². The molecule has 0 aromatic heterocycles. The molecule has 0 aromatic rings. The maximum Gasteiger partial charge on any atom is 0.410 e. The Kier molecular flexibility index (Phi) is 6.58. The van der Waals surface area contributed by atoms with Crippen molar-refractivity contribution in [3.05, 3.63) is 0 Å². The largest absolute Gasteiger partial charge is 0.444 e. The van der Waals surface area contributed by atoms with Crippen LogP contribution in [0.25, 0.3) is 0 Å². The molecule has 1 heterocycles. The molecule has 1 saturated heterocycles. The lowest BCUT2D eigenvalue weighted by atomic mass is 10.0. The maximum absolute atomic E-state index is 11.7. The summed E-state index contributed by atoms with van der Waals surface area (Å²) >= 11 is 0. The van der Waals surface area contributed by atoms with Gasteiger partial charge in [-0.15, -0.1) is 0 Å². The van der Waals surface area contributed by atoms with Crippen LogP contribution in [0.1, 0.15) is 33.6 Å². The van der Waals surface area contributed by atoms with Crippen LogP contribution < -0.4 is 5.32 Å². The summed E-state index contributed by atoms with van der Waals surface area (Å²) in [5.41, 5.74) is -0.430. The van der Waals surface area contributed by atoms with Crippen molar-refractivity contribution in [2.75, 3.05) is 39.9 Å². The number of ether oxygens (including phenoxy) is 2. The molecule has 1 amide bonds. The molecule has 1 aliphatic rings. The van der Waals surface area contributed by atoms with Crippen LogP contribution in [0, 0.1) is 5.92 Å². The first kappa shape index (κ1) is 16.2. The molecule has 0 aromatic carbocycles. The van der Waals surface area contributed by atoms with Gasteiger partial charge in [0.25, 0.3) is 0 Å². The van der Waals surface area contributed by atoms with Crippen LogP contribution in [0.15, 0.2) is 0 Å². The van der Waals surface area contributed by atoms with Crippen LogP contribution in [-0.4, -0.2) is 56.5 Å². The van der Waals surface area contributed by atoms with Crippen molar-refractivity contribution < 1.29 is 14.3 Å². The van der Waals surface area contributed by atoms with Gasteiger partial charge in [0, 0.05) is 33.4 Å². The molecule has 0 atom stereocenters. The molecule has 0 aliphatic carbocycles. The molecule has 1 N–H and O–H groups in total. The zero-order valence-corrected chi connectivity index (χ0v) is 12.7. The quantitative estimate of drug-likeness (QED) is 0.776. The van der Waals surface area contributed by atoms with Gasteiger partial charge in [-0.3, -0.25) is 0 Å². The second-order valence-electron chi connectivity index (χ2n) is 6.16. The number of carbonyl (C=O) groups excluding carboxylic acids is 1. The Hall–Kier alpha value is -0.810.